The van der Waals surface area contributed by atoms with Crippen molar-refractivity contribution < 1.29 is 15.5 Å². The molecular formula is C29H32N6O+2. The van der Waals surface area contributed by atoms with Gasteiger partial charge in [-0.15, -0.1) is 0 Å². The average molecular weight is 481 g/mol. The molecule has 2 aliphatic rings. The Bertz CT molecular complexity index is 1410. The number of benzene rings is 2. The molecule has 1 saturated heterocycles. The van der Waals surface area contributed by atoms with Crippen LogP contribution in [0.3, 0.4) is 0 Å². The van der Waals surface area contributed by atoms with Crippen LogP contribution in [-0.4, -0.2) is 29.0 Å². The lowest BCUT2D eigenvalue weighted by Gasteiger charge is -2.34. The van der Waals surface area contributed by atoms with Gasteiger partial charge < -0.3 is 11.5 Å². The molecule has 7 nitrogen and oxygen atoms in total. The van der Waals surface area contributed by atoms with Crippen molar-refractivity contribution >= 4 is 22.9 Å². The number of hydrogen-bond acceptors (Lipinski definition) is 4. The molecule has 1 amide bonds. The molecule has 7 heteroatoms. The summed E-state index contributed by atoms with van der Waals surface area (Å²) >= 11 is 0. The van der Waals surface area contributed by atoms with Crippen molar-refractivity contribution in [2.45, 2.75) is 37.6 Å². The molecule has 3 heterocycles. The van der Waals surface area contributed by atoms with Crippen LogP contribution in [0, 0.1) is 5.92 Å². The molecule has 2 fully saturated rings. The van der Waals surface area contributed by atoms with E-state index in [0.717, 1.165) is 72.5 Å². The minimum atomic E-state index is -0.210. The molecule has 1 aliphatic carbocycles. The molecule has 0 atom stereocenters. The molecule has 2 aromatic carbocycles. The van der Waals surface area contributed by atoms with Gasteiger partial charge in [0.1, 0.15) is 5.54 Å². The van der Waals surface area contributed by atoms with Gasteiger partial charge in [0, 0.05) is 35.4 Å². The zero-order valence-corrected chi connectivity index (χ0v) is 20.4. The highest BCUT2D eigenvalue weighted by Crippen LogP contribution is 2.38. The number of amides is 1. The van der Waals surface area contributed by atoms with Gasteiger partial charge in [-0.2, -0.15) is 0 Å². The molecule has 4 aromatic rings. The van der Waals surface area contributed by atoms with E-state index < -0.39 is 0 Å². The highest BCUT2D eigenvalue weighted by molar-refractivity contribution is 5.89. The zero-order chi connectivity index (χ0) is 24.7. The summed E-state index contributed by atoms with van der Waals surface area (Å²) in [5, 5.41) is 0.955. The van der Waals surface area contributed by atoms with E-state index in [2.05, 4.69) is 70.2 Å². The highest BCUT2D eigenvalue weighted by atomic mass is 16.1. The average Bonchev–Trinajstić information content (AvgIpc) is 2.91. The zero-order valence-electron chi connectivity index (χ0n) is 20.4. The van der Waals surface area contributed by atoms with Gasteiger partial charge in [-0.3, -0.25) is 9.69 Å². The molecule has 0 unspecified atom stereocenters. The number of quaternary nitrogens is 1. The van der Waals surface area contributed by atoms with Gasteiger partial charge in [0.25, 0.3) is 0 Å². The van der Waals surface area contributed by atoms with E-state index in [9.17, 15) is 4.79 Å². The second kappa shape index (κ2) is 8.99. The summed E-state index contributed by atoms with van der Waals surface area (Å²) in [6, 6.07) is 21.3. The Balaban J connectivity index is 1.40. The molecule has 0 radical (unpaired) electrons. The number of nitrogens with two attached hydrogens (primary N) is 1. The van der Waals surface area contributed by atoms with Crippen LogP contribution in [0.1, 0.15) is 37.7 Å². The normalized spacial score (nSPS) is 17.6. The molecule has 6 N–H and O–H groups in total. The summed E-state index contributed by atoms with van der Waals surface area (Å²) in [5.74, 6) is 0.508. The smallest absolute Gasteiger partial charge is 0.369 e. The first kappa shape index (κ1) is 22.6. The van der Waals surface area contributed by atoms with E-state index in [1.807, 2.05) is 12.3 Å². The minimum absolute atomic E-state index is 0.0553. The SMILES string of the molecule is NC(=O)C1CCN(c2nc3nc(-c4ccc(C5([NH3+])CCC5)cc4)c(-c4ccccc4)cc3c[nH+]2)CC1. The fraction of sp³-hybridized carbons (Fsp3) is 0.310. The number of carbonyl (C=O) groups is 1. The maximum Gasteiger partial charge on any atom is 0.393 e. The Labute approximate surface area is 210 Å². The summed E-state index contributed by atoms with van der Waals surface area (Å²) < 4.78 is 0. The van der Waals surface area contributed by atoms with Gasteiger partial charge >= 0.3 is 5.95 Å². The fourth-order valence-corrected chi connectivity index (χ4v) is 5.46. The lowest BCUT2D eigenvalue weighted by atomic mass is 9.72. The minimum Gasteiger partial charge on any atom is -0.369 e. The number of fused-ring (bicyclic) bond motifs is 1. The van der Waals surface area contributed by atoms with Crippen LogP contribution >= 0.6 is 0 Å². The van der Waals surface area contributed by atoms with Gasteiger partial charge in [0.2, 0.25) is 11.6 Å². The van der Waals surface area contributed by atoms with Crippen LogP contribution in [-0.2, 0) is 10.3 Å². The lowest BCUT2D eigenvalue weighted by molar-refractivity contribution is -0.509. The molecular weight excluding hydrogens is 448 g/mol. The second-order valence-corrected chi connectivity index (χ2v) is 10.3. The van der Waals surface area contributed by atoms with Crippen molar-refractivity contribution in [1.82, 2.24) is 9.97 Å². The maximum absolute atomic E-state index is 11.6. The number of nitrogens with zero attached hydrogens (tertiary/aromatic N) is 3. The number of aromatic nitrogens is 3. The Morgan fingerprint density at radius 1 is 1.00 bits per heavy atom. The largest absolute Gasteiger partial charge is 0.393 e. The Hall–Kier alpha value is -3.84. The number of carbonyl (C=O) groups excluding carboxylic acids is 1. The number of nitrogens with one attached hydrogen (secondary N) is 1. The van der Waals surface area contributed by atoms with E-state index in [1.165, 1.54) is 12.0 Å². The topological polar surface area (TPSA) is 114 Å². The molecule has 182 valence electrons. The molecule has 0 spiro atoms. The monoisotopic (exact) mass is 480 g/mol. The summed E-state index contributed by atoms with van der Waals surface area (Å²) in [5.41, 5.74) is 16.2. The summed E-state index contributed by atoms with van der Waals surface area (Å²) in [6.07, 6.45) is 7.02. The number of aromatic amines is 1. The third-order valence-electron chi connectivity index (χ3n) is 7.96. The van der Waals surface area contributed by atoms with Crippen molar-refractivity contribution in [3.8, 4) is 22.4 Å². The van der Waals surface area contributed by atoms with Crippen LogP contribution in [0.5, 0.6) is 0 Å². The van der Waals surface area contributed by atoms with Gasteiger partial charge in [-0.05, 0) is 30.9 Å². The number of pyridine rings is 1. The van der Waals surface area contributed by atoms with Gasteiger partial charge in [-0.25, -0.2) is 9.97 Å². The molecule has 0 bridgehead atoms. The van der Waals surface area contributed by atoms with E-state index >= 15 is 0 Å². The molecule has 6 rings (SSSR count). The van der Waals surface area contributed by atoms with Gasteiger partial charge in [-0.1, -0.05) is 59.6 Å². The van der Waals surface area contributed by atoms with Crippen LogP contribution in [0.25, 0.3) is 33.4 Å². The molecule has 36 heavy (non-hydrogen) atoms. The predicted octanol–water partition coefficient (Wildman–Crippen LogP) is 3.10. The fourth-order valence-electron chi connectivity index (χ4n) is 5.46. The Morgan fingerprint density at radius 3 is 2.36 bits per heavy atom. The Morgan fingerprint density at radius 2 is 1.72 bits per heavy atom. The number of H-pyrrole nitrogens is 1. The summed E-state index contributed by atoms with van der Waals surface area (Å²) in [4.78, 5) is 27.1. The van der Waals surface area contributed by atoms with E-state index in [-0.39, 0.29) is 17.4 Å². The second-order valence-electron chi connectivity index (χ2n) is 10.3. The number of rotatable bonds is 5. The number of primary amides is 1. The van der Waals surface area contributed by atoms with Gasteiger partial charge in [0.05, 0.1) is 30.4 Å². The van der Waals surface area contributed by atoms with Crippen LogP contribution in [0.15, 0.2) is 66.9 Å². The summed E-state index contributed by atoms with van der Waals surface area (Å²) in [7, 11) is 0. The van der Waals surface area contributed by atoms with Gasteiger partial charge in [0.15, 0.2) is 0 Å². The van der Waals surface area contributed by atoms with Crippen molar-refractivity contribution in [3.63, 3.8) is 0 Å². The van der Waals surface area contributed by atoms with Crippen molar-refractivity contribution in [2.24, 2.45) is 11.7 Å². The summed E-state index contributed by atoms with van der Waals surface area (Å²) in [6.45, 7) is 1.48. The molecule has 1 aliphatic heterocycles. The Kier molecular flexibility index (Phi) is 5.64. The van der Waals surface area contributed by atoms with E-state index in [1.54, 1.807) is 0 Å². The van der Waals surface area contributed by atoms with E-state index in [0.29, 0.717) is 5.65 Å². The number of anilines is 1. The van der Waals surface area contributed by atoms with Crippen LogP contribution < -0.4 is 21.4 Å². The van der Waals surface area contributed by atoms with Crippen molar-refractivity contribution in [3.05, 3.63) is 72.4 Å². The van der Waals surface area contributed by atoms with Crippen molar-refractivity contribution in [2.75, 3.05) is 18.0 Å². The number of piperidine rings is 1. The third-order valence-corrected chi connectivity index (χ3v) is 7.96. The van der Waals surface area contributed by atoms with Crippen LogP contribution in [0.2, 0.25) is 0 Å². The first-order valence-electron chi connectivity index (χ1n) is 12.8. The quantitative estimate of drug-likeness (QED) is 0.457. The molecule has 2 aromatic heterocycles. The molecule has 1 saturated carbocycles. The van der Waals surface area contributed by atoms with E-state index in [4.69, 9.17) is 15.7 Å². The maximum atomic E-state index is 11.6. The lowest BCUT2D eigenvalue weighted by Crippen LogP contribution is -2.73. The predicted molar refractivity (Wildman–Crippen MR) is 140 cm³/mol. The third kappa shape index (κ3) is 4.09. The first-order valence-corrected chi connectivity index (χ1v) is 12.8. The number of hydrogen-bond donors (Lipinski definition) is 2. The highest BCUT2D eigenvalue weighted by Gasteiger charge is 2.38. The van der Waals surface area contributed by atoms with Crippen LogP contribution in [0.4, 0.5) is 5.95 Å². The van der Waals surface area contributed by atoms with Crippen molar-refractivity contribution in [1.29, 1.82) is 0 Å². The first-order chi connectivity index (χ1) is 17.5. The standard InChI is InChI=1S/C29H30N6O/c30-26(36)21-11-15-35(16-12-21)28-32-18-22-17-24(19-5-2-1-3-6-19)25(33-27(22)34-28)20-7-9-23(10-8-20)29(31)13-4-14-29/h1-3,5-10,17-18,21H,4,11-16,31H2,(H2,30,36)/p+2.